The van der Waals surface area contributed by atoms with E-state index >= 15 is 0 Å². The SMILES string of the molecule is CCN[C@@H]1C(=O)C(=O)C1Nc1ccc(C2=NC3=C(CCN(c4ncccn4)C3)C(N3CCOCC3)N2C)cc1. The number of ketones is 2. The van der Waals surface area contributed by atoms with Gasteiger partial charge in [0.25, 0.3) is 0 Å². The molecule has 39 heavy (non-hydrogen) atoms. The zero-order valence-corrected chi connectivity index (χ0v) is 22.3. The number of nitrogens with zero attached hydrogens (tertiary/aromatic N) is 6. The number of benzene rings is 1. The Bertz CT molecular complexity index is 1290. The average molecular weight is 531 g/mol. The fourth-order valence-corrected chi connectivity index (χ4v) is 5.87. The summed E-state index contributed by atoms with van der Waals surface area (Å²) in [4.78, 5) is 45.1. The van der Waals surface area contributed by atoms with E-state index in [0.717, 1.165) is 68.0 Å². The predicted octanol–water partition coefficient (Wildman–Crippen LogP) is 0.902. The summed E-state index contributed by atoms with van der Waals surface area (Å²) in [6.07, 6.45) is 4.54. The topological polar surface area (TPSA) is 115 Å². The molecule has 0 amide bonds. The number of carbonyl (C=O) groups excluding carboxylic acids is 2. The number of amidine groups is 1. The van der Waals surface area contributed by atoms with Gasteiger partial charge in [0.2, 0.25) is 17.5 Å². The highest BCUT2D eigenvalue weighted by Crippen LogP contribution is 2.33. The molecule has 4 heterocycles. The number of anilines is 2. The van der Waals surface area contributed by atoms with E-state index in [4.69, 9.17) is 9.73 Å². The molecule has 2 aromatic rings. The van der Waals surface area contributed by atoms with Crippen molar-refractivity contribution in [1.29, 1.82) is 0 Å². The van der Waals surface area contributed by atoms with Gasteiger partial charge in [-0.3, -0.25) is 14.5 Å². The number of carbonyl (C=O) groups is 2. The molecule has 1 aromatic heterocycles. The number of likely N-dealkylation sites (N-methyl/N-ethyl adjacent to an activating group) is 2. The van der Waals surface area contributed by atoms with E-state index < -0.39 is 12.1 Å². The summed E-state index contributed by atoms with van der Waals surface area (Å²) in [5.41, 5.74) is 4.19. The molecule has 1 saturated heterocycles. The van der Waals surface area contributed by atoms with Crippen LogP contribution in [0.5, 0.6) is 0 Å². The highest BCUT2D eigenvalue weighted by molar-refractivity contribution is 6.49. The molecule has 204 valence electrons. The smallest absolute Gasteiger partial charge is 0.225 e. The summed E-state index contributed by atoms with van der Waals surface area (Å²) >= 11 is 0. The van der Waals surface area contributed by atoms with Gasteiger partial charge in [0, 0.05) is 50.3 Å². The van der Waals surface area contributed by atoms with Gasteiger partial charge in [-0.15, -0.1) is 0 Å². The lowest BCUT2D eigenvalue weighted by Crippen LogP contribution is -2.67. The van der Waals surface area contributed by atoms with Crippen molar-refractivity contribution in [3.05, 3.63) is 59.6 Å². The first-order valence-corrected chi connectivity index (χ1v) is 13.6. The Morgan fingerprint density at radius 1 is 1.00 bits per heavy atom. The maximum Gasteiger partial charge on any atom is 0.225 e. The van der Waals surface area contributed by atoms with Crippen molar-refractivity contribution in [3.8, 4) is 0 Å². The minimum atomic E-state index is -0.537. The Balaban J connectivity index is 1.27. The monoisotopic (exact) mass is 530 g/mol. The van der Waals surface area contributed by atoms with Crippen molar-refractivity contribution in [2.45, 2.75) is 31.6 Å². The van der Waals surface area contributed by atoms with Crippen LogP contribution in [0.25, 0.3) is 0 Å². The Hall–Kier alpha value is -3.67. The van der Waals surface area contributed by atoms with Gasteiger partial charge in [-0.25, -0.2) is 15.0 Å². The van der Waals surface area contributed by atoms with E-state index in [1.165, 1.54) is 5.57 Å². The van der Waals surface area contributed by atoms with Crippen LogP contribution in [-0.4, -0.2) is 108 Å². The van der Waals surface area contributed by atoms with E-state index in [1.807, 2.05) is 37.3 Å². The van der Waals surface area contributed by atoms with Gasteiger partial charge >= 0.3 is 0 Å². The lowest BCUT2D eigenvalue weighted by Gasteiger charge is -2.47. The van der Waals surface area contributed by atoms with Crippen molar-refractivity contribution in [1.82, 2.24) is 25.1 Å². The third-order valence-electron chi connectivity index (χ3n) is 7.87. The minimum absolute atomic E-state index is 0.104. The molecule has 1 saturated carbocycles. The number of hydrogen-bond donors (Lipinski definition) is 2. The second-order valence-electron chi connectivity index (χ2n) is 10.2. The first kappa shape index (κ1) is 25.6. The number of morpholine rings is 1. The molecule has 4 aliphatic rings. The third-order valence-corrected chi connectivity index (χ3v) is 7.87. The summed E-state index contributed by atoms with van der Waals surface area (Å²) in [7, 11) is 2.11. The van der Waals surface area contributed by atoms with Gasteiger partial charge in [-0.2, -0.15) is 0 Å². The van der Waals surface area contributed by atoms with Gasteiger partial charge in [0.05, 0.1) is 25.5 Å². The van der Waals surface area contributed by atoms with Crippen LogP contribution < -0.4 is 15.5 Å². The Morgan fingerprint density at radius 2 is 1.72 bits per heavy atom. The van der Waals surface area contributed by atoms with E-state index in [0.29, 0.717) is 13.1 Å². The first-order valence-electron chi connectivity index (χ1n) is 13.6. The third kappa shape index (κ3) is 4.81. The summed E-state index contributed by atoms with van der Waals surface area (Å²) < 4.78 is 5.66. The molecule has 1 aliphatic carbocycles. The van der Waals surface area contributed by atoms with Gasteiger partial charge in [0.15, 0.2) is 0 Å². The highest BCUT2D eigenvalue weighted by Gasteiger charge is 2.48. The molecule has 2 N–H and O–H groups in total. The molecule has 0 bridgehead atoms. The number of ether oxygens (including phenoxy) is 1. The Kier molecular flexibility index (Phi) is 7.11. The fraction of sp³-hybridized carbons (Fsp3) is 0.464. The number of Topliss-reactive ketones (excluding diaryl/α,β-unsaturated/α-hetero) is 2. The normalized spacial score (nSPS) is 25.8. The summed E-state index contributed by atoms with van der Waals surface area (Å²) in [5, 5.41) is 6.32. The molecule has 3 atom stereocenters. The molecule has 1 aromatic carbocycles. The van der Waals surface area contributed by atoms with Crippen molar-refractivity contribution < 1.29 is 14.3 Å². The quantitative estimate of drug-likeness (QED) is 0.501. The lowest BCUT2D eigenvalue weighted by molar-refractivity contribution is -0.145. The van der Waals surface area contributed by atoms with Crippen LogP contribution in [0.2, 0.25) is 0 Å². The number of rotatable bonds is 7. The zero-order valence-electron chi connectivity index (χ0n) is 22.3. The van der Waals surface area contributed by atoms with E-state index in [-0.39, 0.29) is 17.7 Å². The van der Waals surface area contributed by atoms with Crippen LogP contribution in [0.1, 0.15) is 18.9 Å². The molecule has 2 fully saturated rings. The van der Waals surface area contributed by atoms with Crippen molar-refractivity contribution >= 4 is 29.0 Å². The molecule has 0 radical (unpaired) electrons. The predicted molar refractivity (Wildman–Crippen MR) is 148 cm³/mol. The molecule has 0 spiro atoms. The molecular formula is C28H34N8O3. The van der Waals surface area contributed by atoms with Crippen LogP contribution in [0.4, 0.5) is 11.6 Å². The molecule has 11 heteroatoms. The summed E-state index contributed by atoms with van der Waals surface area (Å²) in [6.45, 7) is 7.23. The van der Waals surface area contributed by atoms with Crippen LogP contribution in [0, 0.1) is 0 Å². The van der Waals surface area contributed by atoms with E-state index in [2.05, 4.69) is 42.3 Å². The minimum Gasteiger partial charge on any atom is -0.379 e. The molecule has 6 rings (SSSR count). The number of aliphatic imine (C=N–C) groups is 1. The fourth-order valence-electron chi connectivity index (χ4n) is 5.87. The van der Waals surface area contributed by atoms with Crippen molar-refractivity contribution in [3.63, 3.8) is 0 Å². The van der Waals surface area contributed by atoms with Gasteiger partial charge in [0.1, 0.15) is 24.1 Å². The number of hydrogen-bond acceptors (Lipinski definition) is 11. The van der Waals surface area contributed by atoms with Crippen molar-refractivity contribution in [2.24, 2.45) is 4.99 Å². The maximum atomic E-state index is 12.1. The van der Waals surface area contributed by atoms with Crippen molar-refractivity contribution in [2.75, 3.05) is 63.2 Å². The van der Waals surface area contributed by atoms with Crippen LogP contribution in [0.15, 0.2) is 59.0 Å². The largest absolute Gasteiger partial charge is 0.379 e. The standard InChI is InChI=1S/C28H34N8O3/c1-3-29-22-23(25(38)24(22)37)32-19-7-5-18(6-8-19)26-33-21-17-36(28-30-10-4-11-31-28)12-9-20(21)27(34(26)2)35-13-15-39-16-14-35/h4-8,10-11,22-23,27,29,32H,3,9,12-17H2,1-2H3/t22-,23?,27?/m0/s1. The second kappa shape index (κ2) is 10.8. The summed E-state index contributed by atoms with van der Waals surface area (Å²) in [6, 6.07) is 8.76. The Morgan fingerprint density at radius 3 is 2.44 bits per heavy atom. The van der Waals surface area contributed by atoms with Gasteiger partial charge in [-0.1, -0.05) is 6.92 Å². The molecule has 2 unspecified atom stereocenters. The highest BCUT2D eigenvalue weighted by atomic mass is 16.5. The number of aromatic nitrogens is 2. The first-order chi connectivity index (χ1) is 19.0. The van der Waals surface area contributed by atoms with Crippen LogP contribution >= 0.6 is 0 Å². The Labute approximate surface area is 227 Å². The lowest BCUT2D eigenvalue weighted by atomic mass is 9.83. The average Bonchev–Trinajstić information content (AvgIpc) is 2.99. The second-order valence-corrected chi connectivity index (χ2v) is 10.2. The molecular weight excluding hydrogens is 496 g/mol. The van der Waals surface area contributed by atoms with Crippen LogP contribution in [0.3, 0.4) is 0 Å². The van der Waals surface area contributed by atoms with Gasteiger partial charge in [-0.05, 0) is 48.9 Å². The van der Waals surface area contributed by atoms with E-state index in [1.54, 1.807) is 12.4 Å². The summed E-state index contributed by atoms with van der Waals surface area (Å²) in [5.74, 6) is 0.884. The molecule has 11 nitrogen and oxygen atoms in total. The van der Waals surface area contributed by atoms with Gasteiger partial charge < -0.3 is 25.2 Å². The van der Waals surface area contributed by atoms with Crippen LogP contribution in [-0.2, 0) is 14.3 Å². The number of nitrogens with one attached hydrogen (secondary N) is 2. The van der Waals surface area contributed by atoms with E-state index in [9.17, 15) is 9.59 Å². The maximum absolute atomic E-state index is 12.1. The molecule has 3 aliphatic heterocycles. The zero-order chi connectivity index (χ0) is 26.9.